The van der Waals surface area contributed by atoms with Crippen molar-refractivity contribution in [1.29, 1.82) is 0 Å². The Hall–Kier alpha value is -0.0800. The molecular formula is C19H36N2. The fourth-order valence-corrected chi connectivity index (χ4v) is 5.25. The third kappa shape index (κ3) is 3.47. The molecule has 2 heterocycles. The number of rotatable bonds is 4. The molecule has 0 aromatic rings. The van der Waals surface area contributed by atoms with Crippen molar-refractivity contribution in [2.24, 2.45) is 11.8 Å². The Balaban J connectivity index is 1.62. The Morgan fingerprint density at radius 1 is 0.952 bits per heavy atom. The molecule has 0 radical (unpaired) electrons. The van der Waals surface area contributed by atoms with E-state index in [1.165, 1.54) is 71.0 Å². The first kappa shape index (κ1) is 15.8. The molecule has 0 N–H and O–H groups in total. The summed E-state index contributed by atoms with van der Waals surface area (Å²) in [4.78, 5) is 5.75. The van der Waals surface area contributed by atoms with Crippen LogP contribution < -0.4 is 0 Å². The summed E-state index contributed by atoms with van der Waals surface area (Å²) in [5.74, 6) is 1.84. The van der Waals surface area contributed by atoms with Crippen LogP contribution in [0.2, 0.25) is 0 Å². The predicted octanol–water partition coefficient (Wildman–Crippen LogP) is 4.15. The van der Waals surface area contributed by atoms with Crippen LogP contribution >= 0.6 is 0 Å². The highest BCUT2D eigenvalue weighted by atomic mass is 15.3. The van der Waals surface area contributed by atoms with Crippen molar-refractivity contribution in [2.75, 3.05) is 19.6 Å². The smallest absolute Gasteiger partial charge is 0.0249 e. The second-order valence-corrected chi connectivity index (χ2v) is 8.26. The third-order valence-electron chi connectivity index (χ3n) is 6.52. The van der Waals surface area contributed by atoms with Crippen molar-refractivity contribution in [1.82, 2.24) is 9.80 Å². The molecule has 2 heteroatoms. The van der Waals surface area contributed by atoms with E-state index in [-0.39, 0.29) is 0 Å². The van der Waals surface area contributed by atoms with E-state index in [4.69, 9.17) is 0 Å². The molecule has 2 unspecified atom stereocenters. The minimum absolute atomic E-state index is 0.805. The van der Waals surface area contributed by atoms with E-state index in [2.05, 4.69) is 30.6 Å². The van der Waals surface area contributed by atoms with Crippen LogP contribution in [0.5, 0.6) is 0 Å². The van der Waals surface area contributed by atoms with Gasteiger partial charge in [0.1, 0.15) is 0 Å². The fourth-order valence-electron chi connectivity index (χ4n) is 5.25. The minimum Gasteiger partial charge on any atom is -0.298 e. The van der Waals surface area contributed by atoms with Crippen LogP contribution in [-0.4, -0.2) is 47.6 Å². The van der Waals surface area contributed by atoms with Gasteiger partial charge in [-0.15, -0.1) is 0 Å². The van der Waals surface area contributed by atoms with Crippen LogP contribution in [-0.2, 0) is 0 Å². The molecule has 3 rings (SSSR count). The van der Waals surface area contributed by atoms with Crippen LogP contribution in [0.25, 0.3) is 0 Å². The maximum atomic E-state index is 2.96. The topological polar surface area (TPSA) is 6.48 Å². The van der Waals surface area contributed by atoms with Gasteiger partial charge in [-0.25, -0.2) is 0 Å². The molecule has 1 saturated carbocycles. The number of piperazine rings is 1. The summed E-state index contributed by atoms with van der Waals surface area (Å²) in [6.45, 7) is 11.3. The van der Waals surface area contributed by atoms with Crippen molar-refractivity contribution in [3.8, 4) is 0 Å². The Kier molecular flexibility index (Phi) is 5.27. The van der Waals surface area contributed by atoms with E-state index in [9.17, 15) is 0 Å². The molecule has 2 nitrogen and oxygen atoms in total. The molecule has 1 aliphatic carbocycles. The second kappa shape index (κ2) is 7.00. The molecule has 0 spiro atoms. The average Bonchev–Trinajstić information content (AvgIpc) is 2.94. The third-order valence-corrected chi connectivity index (χ3v) is 6.52. The van der Waals surface area contributed by atoms with E-state index in [0.29, 0.717) is 0 Å². The normalized spacial score (nSPS) is 38.9. The van der Waals surface area contributed by atoms with Crippen molar-refractivity contribution in [3.05, 3.63) is 0 Å². The fraction of sp³-hybridized carbons (Fsp3) is 1.00. The standard InChI is InChI=1S/C19H36N2/c1-4-6-16-8-10-17(11-9-16)21-13-18-7-5-12-20(18)14-19(21)15(2)3/h15-19H,4-14H2,1-3H3. The summed E-state index contributed by atoms with van der Waals surface area (Å²) in [5.41, 5.74) is 0. The zero-order chi connectivity index (χ0) is 14.8. The number of fused-ring (bicyclic) bond motifs is 1. The first-order valence-electron chi connectivity index (χ1n) is 9.68. The van der Waals surface area contributed by atoms with E-state index in [1.54, 1.807) is 0 Å². The van der Waals surface area contributed by atoms with E-state index >= 15 is 0 Å². The summed E-state index contributed by atoms with van der Waals surface area (Å²) in [6, 6.07) is 2.59. The van der Waals surface area contributed by atoms with Gasteiger partial charge in [0, 0.05) is 31.2 Å². The van der Waals surface area contributed by atoms with Crippen molar-refractivity contribution in [2.45, 2.75) is 90.3 Å². The molecular weight excluding hydrogens is 256 g/mol. The van der Waals surface area contributed by atoms with E-state index < -0.39 is 0 Å². The molecule has 0 amide bonds. The van der Waals surface area contributed by atoms with Gasteiger partial charge >= 0.3 is 0 Å². The number of hydrogen-bond donors (Lipinski definition) is 0. The van der Waals surface area contributed by atoms with Crippen molar-refractivity contribution in [3.63, 3.8) is 0 Å². The lowest BCUT2D eigenvalue weighted by molar-refractivity contribution is -0.0144. The van der Waals surface area contributed by atoms with Crippen LogP contribution in [0.15, 0.2) is 0 Å². The Labute approximate surface area is 132 Å². The van der Waals surface area contributed by atoms with Crippen molar-refractivity contribution >= 4 is 0 Å². The highest BCUT2D eigenvalue weighted by Gasteiger charge is 2.40. The van der Waals surface area contributed by atoms with Crippen molar-refractivity contribution < 1.29 is 0 Å². The highest BCUT2D eigenvalue weighted by molar-refractivity contribution is 4.96. The van der Waals surface area contributed by atoms with Crippen LogP contribution in [0.1, 0.15) is 72.1 Å². The molecule has 0 aromatic heterocycles. The molecule has 0 bridgehead atoms. The molecule has 122 valence electrons. The largest absolute Gasteiger partial charge is 0.298 e. The Bertz CT molecular complexity index is 320. The first-order valence-corrected chi connectivity index (χ1v) is 9.68. The lowest BCUT2D eigenvalue weighted by Crippen LogP contribution is -2.61. The van der Waals surface area contributed by atoms with Gasteiger partial charge < -0.3 is 0 Å². The van der Waals surface area contributed by atoms with Gasteiger partial charge in [-0.2, -0.15) is 0 Å². The van der Waals surface area contributed by atoms with Gasteiger partial charge in [0.05, 0.1) is 0 Å². The quantitative estimate of drug-likeness (QED) is 0.768. The molecule has 3 aliphatic rings. The molecule has 2 aliphatic heterocycles. The Morgan fingerprint density at radius 3 is 2.38 bits per heavy atom. The lowest BCUT2D eigenvalue weighted by atomic mass is 9.81. The van der Waals surface area contributed by atoms with Gasteiger partial charge in [-0.3, -0.25) is 9.80 Å². The number of nitrogens with zero attached hydrogens (tertiary/aromatic N) is 2. The summed E-state index contributed by atoms with van der Waals surface area (Å²) < 4.78 is 0. The maximum Gasteiger partial charge on any atom is 0.0249 e. The zero-order valence-electron chi connectivity index (χ0n) is 14.6. The summed E-state index contributed by atoms with van der Waals surface area (Å²) in [7, 11) is 0. The van der Waals surface area contributed by atoms with Gasteiger partial charge in [-0.1, -0.05) is 33.6 Å². The maximum absolute atomic E-state index is 2.96. The van der Waals surface area contributed by atoms with E-state index in [0.717, 1.165) is 30.0 Å². The average molecular weight is 293 g/mol. The molecule has 21 heavy (non-hydrogen) atoms. The van der Waals surface area contributed by atoms with E-state index in [1.807, 2.05) is 0 Å². The SMILES string of the molecule is CCCC1CCC(N2CC3CCCN3CC2C(C)C)CC1. The van der Waals surface area contributed by atoms with Crippen LogP contribution in [0.4, 0.5) is 0 Å². The van der Waals surface area contributed by atoms with Gasteiger partial charge in [0.15, 0.2) is 0 Å². The monoisotopic (exact) mass is 292 g/mol. The molecule has 3 fully saturated rings. The first-order chi connectivity index (χ1) is 10.2. The van der Waals surface area contributed by atoms with Crippen LogP contribution in [0.3, 0.4) is 0 Å². The van der Waals surface area contributed by atoms with Gasteiger partial charge in [0.2, 0.25) is 0 Å². The second-order valence-electron chi connectivity index (χ2n) is 8.26. The molecule has 2 saturated heterocycles. The van der Waals surface area contributed by atoms with Gasteiger partial charge in [0.25, 0.3) is 0 Å². The molecule has 0 aromatic carbocycles. The minimum atomic E-state index is 0.805. The van der Waals surface area contributed by atoms with Crippen LogP contribution in [0, 0.1) is 11.8 Å². The molecule has 2 atom stereocenters. The lowest BCUT2D eigenvalue weighted by Gasteiger charge is -2.50. The number of hydrogen-bond acceptors (Lipinski definition) is 2. The summed E-state index contributed by atoms with van der Waals surface area (Å²) in [6.07, 6.45) is 11.7. The van der Waals surface area contributed by atoms with Gasteiger partial charge in [-0.05, 0) is 56.9 Å². The predicted molar refractivity (Wildman–Crippen MR) is 90.6 cm³/mol. The Morgan fingerprint density at radius 2 is 1.71 bits per heavy atom. The summed E-state index contributed by atoms with van der Waals surface area (Å²) >= 11 is 0. The highest BCUT2D eigenvalue weighted by Crippen LogP contribution is 2.35. The zero-order valence-corrected chi connectivity index (χ0v) is 14.6. The summed E-state index contributed by atoms with van der Waals surface area (Å²) in [5, 5.41) is 0.